The molecule has 0 radical (unpaired) electrons. The maximum absolute atomic E-state index is 12.6. The van der Waals surface area contributed by atoms with Crippen LogP contribution in [-0.2, 0) is 0 Å². The van der Waals surface area contributed by atoms with Gasteiger partial charge in [0.1, 0.15) is 5.82 Å². The first-order valence-corrected chi connectivity index (χ1v) is 9.06. The number of nitrogens with one attached hydrogen (secondary N) is 1. The monoisotopic (exact) mass is 368 g/mol. The van der Waals surface area contributed by atoms with Crippen LogP contribution in [0.2, 0.25) is 0 Å². The molecule has 0 aliphatic heterocycles. The van der Waals surface area contributed by atoms with Gasteiger partial charge < -0.3 is 4.57 Å². The molecular formula is C23H20N4O. The summed E-state index contributed by atoms with van der Waals surface area (Å²) in [5.41, 5.74) is 6.25. The number of rotatable bonds is 4. The third-order valence-corrected chi connectivity index (χ3v) is 4.75. The van der Waals surface area contributed by atoms with Gasteiger partial charge in [-0.3, -0.25) is 4.79 Å². The van der Waals surface area contributed by atoms with E-state index in [1.54, 1.807) is 18.5 Å². The lowest BCUT2D eigenvalue weighted by Gasteiger charge is -2.07. The molecule has 4 aromatic rings. The van der Waals surface area contributed by atoms with Crippen LogP contribution in [0.4, 0.5) is 0 Å². The number of fused-ring (bicyclic) bond motifs is 1. The molecule has 0 unspecified atom stereocenters. The predicted octanol–water partition coefficient (Wildman–Crippen LogP) is 4.41. The molecule has 0 bridgehead atoms. The van der Waals surface area contributed by atoms with E-state index in [2.05, 4.69) is 20.1 Å². The molecule has 28 heavy (non-hydrogen) atoms. The van der Waals surface area contributed by atoms with E-state index in [-0.39, 0.29) is 5.91 Å². The fourth-order valence-corrected chi connectivity index (χ4v) is 3.40. The molecule has 0 aliphatic rings. The van der Waals surface area contributed by atoms with E-state index in [4.69, 9.17) is 0 Å². The van der Waals surface area contributed by atoms with Crippen molar-refractivity contribution in [2.24, 2.45) is 5.10 Å². The lowest BCUT2D eigenvalue weighted by molar-refractivity contribution is 0.0957. The fraction of sp³-hybridized carbons (Fsp3) is 0.0870. The van der Waals surface area contributed by atoms with Gasteiger partial charge in [-0.05, 0) is 48.9 Å². The predicted molar refractivity (Wildman–Crippen MR) is 112 cm³/mol. The van der Waals surface area contributed by atoms with Crippen LogP contribution in [0.25, 0.3) is 16.6 Å². The quantitative estimate of drug-likeness (QED) is 0.428. The van der Waals surface area contributed by atoms with Gasteiger partial charge in [-0.1, -0.05) is 42.5 Å². The molecule has 0 atom stereocenters. The molecule has 138 valence electrons. The van der Waals surface area contributed by atoms with Crippen LogP contribution in [0, 0.1) is 13.8 Å². The minimum absolute atomic E-state index is 0.230. The van der Waals surface area contributed by atoms with Crippen LogP contribution in [0.5, 0.6) is 0 Å². The summed E-state index contributed by atoms with van der Waals surface area (Å²) in [5.74, 6) is 0.628. The number of hydrogen-bond donors (Lipinski definition) is 1. The number of carbonyl (C=O) groups is 1. The number of amides is 1. The van der Waals surface area contributed by atoms with Crippen molar-refractivity contribution in [2.75, 3.05) is 0 Å². The van der Waals surface area contributed by atoms with Gasteiger partial charge in [0.2, 0.25) is 0 Å². The van der Waals surface area contributed by atoms with Crippen LogP contribution in [0.3, 0.4) is 0 Å². The summed E-state index contributed by atoms with van der Waals surface area (Å²) in [6.07, 6.45) is 3.44. The summed E-state index contributed by atoms with van der Waals surface area (Å²) >= 11 is 0. The normalized spacial score (nSPS) is 11.2. The smallest absolute Gasteiger partial charge is 0.271 e. The van der Waals surface area contributed by atoms with Crippen molar-refractivity contribution >= 4 is 22.9 Å². The van der Waals surface area contributed by atoms with Crippen LogP contribution in [0.15, 0.2) is 78.0 Å². The number of aryl methyl sites for hydroxylation is 1. The highest BCUT2D eigenvalue weighted by atomic mass is 16.2. The van der Waals surface area contributed by atoms with Crippen molar-refractivity contribution < 1.29 is 4.79 Å². The molecule has 0 saturated carbocycles. The molecule has 2 heterocycles. The van der Waals surface area contributed by atoms with Crippen LogP contribution < -0.4 is 5.43 Å². The Hall–Kier alpha value is -3.73. The van der Waals surface area contributed by atoms with E-state index in [0.29, 0.717) is 5.56 Å². The maximum atomic E-state index is 12.6. The molecule has 1 N–H and O–H groups in total. The molecule has 5 heteroatoms. The van der Waals surface area contributed by atoms with Crippen molar-refractivity contribution in [3.8, 4) is 5.82 Å². The zero-order valence-corrected chi connectivity index (χ0v) is 15.8. The SMILES string of the molecule is Cc1cc(/C=N/NC(=O)c2cccc3ccccc23)c(C)n1-c1ccccn1. The number of benzene rings is 2. The Balaban J connectivity index is 1.56. The largest absolute Gasteiger partial charge is 0.303 e. The van der Waals surface area contributed by atoms with Gasteiger partial charge >= 0.3 is 0 Å². The van der Waals surface area contributed by atoms with Crippen LogP contribution in [0.1, 0.15) is 27.3 Å². The van der Waals surface area contributed by atoms with Crippen LogP contribution >= 0.6 is 0 Å². The van der Waals surface area contributed by atoms with Crippen molar-refractivity contribution in [2.45, 2.75) is 13.8 Å². The summed E-state index contributed by atoms with van der Waals surface area (Å²) in [6, 6.07) is 21.3. The molecule has 0 spiro atoms. The highest BCUT2D eigenvalue weighted by Crippen LogP contribution is 2.19. The van der Waals surface area contributed by atoms with E-state index in [1.165, 1.54) is 0 Å². The second-order valence-corrected chi connectivity index (χ2v) is 6.58. The van der Waals surface area contributed by atoms with Gasteiger partial charge in [0.25, 0.3) is 5.91 Å². The second kappa shape index (κ2) is 7.48. The first-order valence-electron chi connectivity index (χ1n) is 9.06. The van der Waals surface area contributed by atoms with Gasteiger partial charge in [-0.25, -0.2) is 10.4 Å². The van der Waals surface area contributed by atoms with Crippen molar-refractivity contribution in [3.63, 3.8) is 0 Å². The summed E-state index contributed by atoms with van der Waals surface area (Å²) in [7, 11) is 0. The van der Waals surface area contributed by atoms with E-state index < -0.39 is 0 Å². The Morgan fingerprint density at radius 3 is 2.64 bits per heavy atom. The van der Waals surface area contributed by atoms with Gasteiger partial charge in [0.05, 0.1) is 6.21 Å². The summed E-state index contributed by atoms with van der Waals surface area (Å²) in [4.78, 5) is 17.0. The summed E-state index contributed by atoms with van der Waals surface area (Å²) in [6.45, 7) is 4.03. The number of carbonyl (C=O) groups excluding carboxylic acids is 1. The molecule has 0 aliphatic carbocycles. The molecule has 1 amide bonds. The molecule has 2 aromatic carbocycles. The van der Waals surface area contributed by atoms with E-state index in [1.807, 2.05) is 74.5 Å². The molecule has 0 fully saturated rings. The van der Waals surface area contributed by atoms with E-state index in [0.717, 1.165) is 33.5 Å². The Morgan fingerprint density at radius 2 is 1.82 bits per heavy atom. The van der Waals surface area contributed by atoms with Gasteiger partial charge in [-0.2, -0.15) is 5.10 Å². The number of hydrogen-bond acceptors (Lipinski definition) is 3. The number of hydrazone groups is 1. The summed E-state index contributed by atoms with van der Waals surface area (Å²) < 4.78 is 2.06. The highest BCUT2D eigenvalue weighted by molar-refractivity contribution is 6.07. The second-order valence-electron chi connectivity index (χ2n) is 6.58. The Morgan fingerprint density at radius 1 is 1.04 bits per heavy atom. The minimum Gasteiger partial charge on any atom is -0.303 e. The third-order valence-electron chi connectivity index (χ3n) is 4.75. The van der Waals surface area contributed by atoms with Crippen molar-refractivity contribution in [1.29, 1.82) is 0 Å². The number of aromatic nitrogens is 2. The topological polar surface area (TPSA) is 59.3 Å². The Kier molecular flexibility index (Phi) is 4.72. The Bertz CT molecular complexity index is 1170. The Labute approximate surface area is 163 Å². The molecule has 4 rings (SSSR count). The zero-order valence-electron chi connectivity index (χ0n) is 15.8. The van der Waals surface area contributed by atoms with E-state index >= 15 is 0 Å². The van der Waals surface area contributed by atoms with E-state index in [9.17, 15) is 4.79 Å². The van der Waals surface area contributed by atoms with Gasteiger partial charge in [-0.15, -0.1) is 0 Å². The molecule has 0 saturated heterocycles. The minimum atomic E-state index is -0.230. The number of nitrogens with zero attached hydrogens (tertiary/aromatic N) is 3. The summed E-state index contributed by atoms with van der Waals surface area (Å²) in [5, 5.41) is 6.11. The third kappa shape index (κ3) is 3.30. The van der Waals surface area contributed by atoms with Crippen molar-refractivity contribution in [3.05, 3.63) is 95.4 Å². The van der Waals surface area contributed by atoms with Gasteiger partial charge in [0, 0.05) is 28.7 Å². The van der Waals surface area contributed by atoms with Gasteiger partial charge in [0.15, 0.2) is 0 Å². The van der Waals surface area contributed by atoms with Crippen LogP contribution in [-0.4, -0.2) is 21.7 Å². The first-order chi connectivity index (χ1) is 13.6. The molecule has 5 nitrogen and oxygen atoms in total. The lowest BCUT2D eigenvalue weighted by atomic mass is 10.0. The standard InChI is InChI=1S/C23H20N4O/c1-16-14-19(17(2)27(16)22-12-5-6-13-24-22)15-25-26-23(28)21-11-7-9-18-8-3-4-10-20(18)21/h3-15H,1-2H3,(H,26,28)/b25-15+. The fourth-order valence-electron chi connectivity index (χ4n) is 3.40. The molecule has 2 aromatic heterocycles. The maximum Gasteiger partial charge on any atom is 0.271 e. The average Bonchev–Trinajstić information content (AvgIpc) is 3.01. The lowest BCUT2D eigenvalue weighted by Crippen LogP contribution is -2.18. The zero-order chi connectivity index (χ0) is 19.5. The molecular weight excluding hydrogens is 348 g/mol. The van der Waals surface area contributed by atoms with Crippen molar-refractivity contribution in [1.82, 2.24) is 15.0 Å². The number of pyridine rings is 1. The average molecular weight is 368 g/mol. The first kappa shape index (κ1) is 17.7. The highest BCUT2D eigenvalue weighted by Gasteiger charge is 2.11.